The molecule has 0 saturated heterocycles. The summed E-state index contributed by atoms with van der Waals surface area (Å²) >= 11 is 5.84. The predicted molar refractivity (Wildman–Crippen MR) is 61.3 cm³/mol. The normalized spacial score (nSPS) is 9.31. The Morgan fingerprint density at radius 3 is 3.00 bits per heavy atom. The van der Waals surface area contributed by atoms with Crippen molar-refractivity contribution in [2.45, 2.75) is 6.42 Å². The van der Waals surface area contributed by atoms with Crippen LogP contribution in [0.1, 0.15) is 12.0 Å². The number of ether oxygens (including phenoxy) is 1. The monoisotopic (exact) mass is 238 g/mol. The highest BCUT2D eigenvalue weighted by Crippen LogP contribution is 2.22. The van der Waals surface area contributed by atoms with Gasteiger partial charge in [0.25, 0.3) is 0 Å². The molecule has 0 aliphatic rings. The zero-order valence-electron chi connectivity index (χ0n) is 8.79. The number of nitrogens with one attached hydrogen (secondary N) is 1. The molecule has 5 heteroatoms. The van der Waals surface area contributed by atoms with Gasteiger partial charge in [-0.15, -0.1) is 0 Å². The lowest BCUT2D eigenvalue weighted by atomic mass is 10.2. The summed E-state index contributed by atoms with van der Waals surface area (Å²) in [6.45, 7) is 0.404. The van der Waals surface area contributed by atoms with E-state index in [1.165, 1.54) is 7.11 Å². The molecule has 0 unspecified atom stereocenters. The van der Waals surface area contributed by atoms with E-state index in [9.17, 15) is 4.79 Å². The first kappa shape index (κ1) is 12.3. The minimum Gasteiger partial charge on any atom is -0.469 e. The first-order chi connectivity index (χ1) is 7.69. The summed E-state index contributed by atoms with van der Waals surface area (Å²) in [5.41, 5.74) is 1.01. The van der Waals surface area contributed by atoms with Crippen LogP contribution in [0.2, 0.25) is 5.02 Å². The predicted octanol–water partition coefficient (Wildman–Crippen LogP) is 2.19. The van der Waals surface area contributed by atoms with Crippen molar-refractivity contribution in [1.29, 1.82) is 5.26 Å². The van der Waals surface area contributed by atoms with Crippen molar-refractivity contribution in [3.8, 4) is 6.07 Å². The van der Waals surface area contributed by atoms with Gasteiger partial charge in [0.2, 0.25) is 0 Å². The van der Waals surface area contributed by atoms with E-state index >= 15 is 0 Å². The molecular formula is C11H11ClN2O2. The summed E-state index contributed by atoms with van der Waals surface area (Å²) in [6, 6.07) is 7.13. The van der Waals surface area contributed by atoms with E-state index in [0.717, 1.165) is 0 Å². The molecular weight excluding hydrogens is 228 g/mol. The zero-order valence-corrected chi connectivity index (χ0v) is 9.54. The third-order valence-corrected chi connectivity index (χ3v) is 2.31. The molecule has 16 heavy (non-hydrogen) atoms. The van der Waals surface area contributed by atoms with Gasteiger partial charge in [0, 0.05) is 6.54 Å². The van der Waals surface area contributed by atoms with Crippen molar-refractivity contribution in [2.75, 3.05) is 19.0 Å². The molecule has 4 nitrogen and oxygen atoms in total. The van der Waals surface area contributed by atoms with Gasteiger partial charge in [-0.1, -0.05) is 17.7 Å². The Labute approximate surface area is 98.8 Å². The third kappa shape index (κ3) is 3.14. The van der Waals surface area contributed by atoms with Crippen molar-refractivity contribution < 1.29 is 9.53 Å². The Balaban J connectivity index is 2.64. The van der Waals surface area contributed by atoms with Gasteiger partial charge in [-0.25, -0.2) is 0 Å². The number of hydrogen-bond donors (Lipinski definition) is 1. The maximum Gasteiger partial charge on any atom is 0.307 e. The summed E-state index contributed by atoms with van der Waals surface area (Å²) in [6.07, 6.45) is 0.244. The second-order valence-corrected chi connectivity index (χ2v) is 3.43. The SMILES string of the molecule is COC(=O)CCNc1cccc(Cl)c1C#N. The highest BCUT2D eigenvalue weighted by molar-refractivity contribution is 6.32. The first-order valence-corrected chi connectivity index (χ1v) is 5.06. The number of carbonyl (C=O) groups is 1. The van der Waals surface area contributed by atoms with Crippen LogP contribution in [-0.4, -0.2) is 19.6 Å². The molecule has 1 rings (SSSR count). The molecule has 0 fully saturated rings. The fourth-order valence-electron chi connectivity index (χ4n) is 1.19. The molecule has 0 heterocycles. The van der Waals surface area contributed by atoms with E-state index in [1.54, 1.807) is 18.2 Å². The summed E-state index contributed by atoms with van der Waals surface area (Å²) in [4.78, 5) is 10.9. The zero-order chi connectivity index (χ0) is 12.0. The standard InChI is InChI=1S/C11H11ClN2O2/c1-16-11(15)5-6-14-10-4-2-3-9(12)8(10)7-13/h2-4,14H,5-6H2,1H3. The summed E-state index contributed by atoms with van der Waals surface area (Å²) in [7, 11) is 1.34. The molecule has 1 aromatic carbocycles. The Hall–Kier alpha value is -1.73. The van der Waals surface area contributed by atoms with Crippen LogP contribution in [0.3, 0.4) is 0 Å². The number of halogens is 1. The Bertz CT molecular complexity index is 426. The number of carbonyl (C=O) groups excluding carboxylic acids is 1. The van der Waals surface area contributed by atoms with Crippen molar-refractivity contribution in [1.82, 2.24) is 0 Å². The number of esters is 1. The number of rotatable bonds is 4. The van der Waals surface area contributed by atoms with Crippen LogP contribution in [0.4, 0.5) is 5.69 Å². The van der Waals surface area contributed by atoms with Crippen LogP contribution in [0.15, 0.2) is 18.2 Å². The van der Waals surface area contributed by atoms with Gasteiger partial charge in [-0.2, -0.15) is 5.26 Å². The fraction of sp³-hybridized carbons (Fsp3) is 0.273. The van der Waals surface area contributed by atoms with Gasteiger partial charge in [-0.05, 0) is 12.1 Å². The van der Waals surface area contributed by atoms with Crippen LogP contribution < -0.4 is 5.32 Å². The number of methoxy groups -OCH3 is 1. The summed E-state index contributed by atoms with van der Waals surface area (Å²) in [5, 5.41) is 12.2. The Kier molecular flexibility index (Phi) is 4.62. The quantitative estimate of drug-likeness (QED) is 0.817. The second kappa shape index (κ2) is 5.99. The third-order valence-electron chi connectivity index (χ3n) is 2.00. The van der Waals surface area contributed by atoms with Crippen molar-refractivity contribution in [2.24, 2.45) is 0 Å². The molecule has 1 aromatic rings. The molecule has 0 saturated carbocycles. The second-order valence-electron chi connectivity index (χ2n) is 3.03. The summed E-state index contributed by atoms with van der Waals surface area (Å²) < 4.78 is 4.50. The number of benzene rings is 1. The van der Waals surface area contributed by atoms with Gasteiger partial charge in [0.05, 0.1) is 29.8 Å². The molecule has 0 radical (unpaired) electrons. The van der Waals surface area contributed by atoms with E-state index in [0.29, 0.717) is 22.8 Å². The van der Waals surface area contributed by atoms with Crippen LogP contribution in [-0.2, 0) is 9.53 Å². The smallest absolute Gasteiger partial charge is 0.307 e. The Morgan fingerprint density at radius 2 is 2.38 bits per heavy atom. The molecule has 0 aliphatic heterocycles. The number of hydrogen-bond acceptors (Lipinski definition) is 4. The average Bonchev–Trinajstić information content (AvgIpc) is 2.29. The van der Waals surface area contributed by atoms with Crippen molar-refractivity contribution in [3.63, 3.8) is 0 Å². The van der Waals surface area contributed by atoms with Gasteiger partial charge in [0.1, 0.15) is 6.07 Å². The number of anilines is 1. The van der Waals surface area contributed by atoms with Gasteiger partial charge < -0.3 is 10.1 Å². The van der Waals surface area contributed by atoms with Crippen molar-refractivity contribution in [3.05, 3.63) is 28.8 Å². The topological polar surface area (TPSA) is 62.1 Å². The molecule has 0 amide bonds. The van der Waals surface area contributed by atoms with E-state index in [1.807, 2.05) is 6.07 Å². The molecule has 1 N–H and O–H groups in total. The van der Waals surface area contributed by atoms with Crippen LogP contribution in [0.25, 0.3) is 0 Å². The van der Waals surface area contributed by atoms with E-state index in [4.69, 9.17) is 16.9 Å². The number of nitriles is 1. The molecule has 84 valence electrons. The Morgan fingerprint density at radius 1 is 1.62 bits per heavy atom. The molecule has 0 aliphatic carbocycles. The molecule has 0 bridgehead atoms. The molecule has 0 spiro atoms. The van der Waals surface area contributed by atoms with E-state index in [2.05, 4.69) is 10.1 Å². The lowest BCUT2D eigenvalue weighted by Gasteiger charge is -2.08. The fourth-order valence-corrected chi connectivity index (χ4v) is 1.40. The minimum absolute atomic E-state index is 0.244. The molecule has 0 aromatic heterocycles. The average molecular weight is 239 g/mol. The van der Waals surface area contributed by atoms with E-state index in [-0.39, 0.29) is 12.4 Å². The molecule has 0 atom stereocenters. The van der Waals surface area contributed by atoms with E-state index < -0.39 is 0 Å². The highest BCUT2D eigenvalue weighted by Gasteiger charge is 2.06. The largest absolute Gasteiger partial charge is 0.469 e. The minimum atomic E-state index is -0.298. The lowest BCUT2D eigenvalue weighted by Crippen LogP contribution is -2.10. The van der Waals surface area contributed by atoms with Crippen LogP contribution >= 0.6 is 11.6 Å². The van der Waals surface area contributed by atoms with Crippen molar-refractivity contribution >= 4 is 23.3 Å². The van der Waals surface area contributed by atoms with Crippen LogP contribution in [0.5, 0.6) is 0 Å². The maximum atomic E-state index is 10.9. The highest BCUT2D eigenvalue weighted by atomic mass is 35.5. The van der Waals surface area contributed by atoms with Crippen LogP contribution in [0, 0.1) is 11.3 Å². The van der Waals surface area contributed by atoms with Gasteiger partial charge >= 0.3 is 5.97 Å². The van der Waals surface area contributed by atoms with Gasteiger partial charge in [-0.3, -0.25) is 4.79 Å². The van der Waals surface area contributed by atoms with Gasteiger partial charge in [0.15, 0.2) is 0 Å². The first-order valence-electron chi connectivity index (χ1n) is 4.68. The lowest BCUT2D eigenvalue weighted by molar-refractivity contribution is -0.140. The summed E-state index contributed by atoms with van der Waals surface area (Å²) in [5.74, 6) is -0.298. The maximum absolute atomic E-state index is 10.9. The number of nitrogens with zero attached hydrogens (tertiary/aromatic N) is 1.